The van der Waals surface area contributed by atoms with E-state index in [1.807, 2.05) is 43.3 Å². The number of rotatable bonds is 6. The third-order valence-electron chi connectivity index (χ3n) is 6.52. The van der Waals surface area contributed by atoms with Crippen molar-refractivity contribution in [2.24, 2.45) is 10.4 Å². The molecule has 1 saturated carbocycles. The molecule has 32 heavy (non-hydrogen) atoms. The Bertz CT molecular complexity index is 799. The van der Waals surface area contributed by atoms with Gasteiger partial charge in [-0.15, -0.1) is 24.0 Å². The van der Waals surface area contributed by atoms with Gasteiger partial charge in [0.05, 0.1) is 5.41 Å². The number of hydrogen-bond donors (Lipinski definition) is 2. The largest absolute Gasteiger partial charge is 0.355 e. The van der Waals surface area contributed by atoms with Gasteiger partial charge in [0.1, 0.15) is 0 Å². The van der Waals surface area contributed by atoms with E-state index in [9.17, 15) is 9.59 Å². The lowest BCUT2D eigenvalue weighted by Gasteiger charge is -2.31. The highest BCUT2D eigenvalue weighted by Gasteiger charge is 2.42. The summed E-state index contributed by atoms with van der Waals surface area (Å²) in [6.45, 7) is 2.85. The van der Waals surface area contributed by atoms with Crippen molar-refractivity contribution in [1.82, 2.24) is 20.4 Å². The first-order valence-corrected chi connectivity index (χ1v) is 11.5. The van der Waals surface area contributed by atoms with Gasteiger partial charge in [-0.3, -0.25) is 14.6 Å². The molecule has 0 atom stereocenters. The molecule has 178 valence electrons. The number of piperidine rings is 1. The molecule has 1 aromatic rings. The van der Waals surface area contributed by atoms with Crippen LogP contribution in [0.1, 0.15) is 60.9 Å². The Hall–Kier alpha value is -1.84. The molecule has 1 saturated heterocycles. The van der Waals surface area contributed by atoms with E-state index in [0.29, 0.717) is 19.0 Å². The first kappa shape index (κ1) is 26.4. The Morgan fingerprint density at radius 3 is 2.38 bits per heavy atom. The molecule has 1 heterocycles. The van der Waals surface area contributed by atoms with E-state index in [1.54, 1.807) is 11.9 Å². The predicted octanol–water partition coefficient (Wildman–Crippen LogP) is 3.24. The minimum Gasteiger partial charge on any atom is -0.355 e. The second-order valence-electron chi connectivity index (χ2n) is 9.02. The molecule has 7 nitrogen and oxygen atoms in total. The Kier molecular flexibility index (Phi) is 10.2. The quantitative estimate of drug-likeness (QED) is 0.321. The van der Waals surface area contributed by atoms with Crippen molar-refractivity contribution in [3.8, 4) is 0 Å². The van der Waals surface area contributed by atoms with Gasteiger partial charge in [-0.25, -0.2) is 0 Å². The van der Waals surface area contributed by atoms with E-state index in [0.717, 1.165) is 62.7 Å². The van der Waals surface area contributed by atoms with Crippen LogP contribution in [0.3, 0.4) is 0 Å². The van der Waals surface area contributed by atoms with Crippen molar-refractivity contribution in [3.63, 3.8) is 0 Å². The topological polar surface area (TPSA) is 77.0 Å². The average molecular weight is 556 g/mol. The van der Waals surface area contributed by atoms with Crippen LogP contribution >= 0.6 is 24.0 Å². The minimum atomic E-state index is -0.345. The minimum absolute atomic E-state index is 0. The van der Waals surface area contributed by atoms with E-state index >= 15 is 0 Å². The van der Waals surface area contributed by atoms with Crippen molar-refractivity contribution >= 4 is 41.8 Å². The summed E-state index contributed by atoms with van der Waals surface area (Å²) >= 11 is 0. The molecule has 2 aliphatic rings. The van der Waals surface area contributed by atoms with Crippen molar-refractivity contribution in [3.05, 3.63) is 35.4 Å². The monoisotopic (exact) mass is 555 g/mol. The number of likely N-dealkylation sites (tertiary alicyclic amines) is 1. The van der Waals surface area contributed by atoms with Gasteiger partial charge in [0, 0.05) is 52.9 Å². The standard InChI is InChI=1S/C24H37N5O2.HI/c1-25-23(27-18-24(12-5-6-13-24)22(31)28(2)3)26-17-19-10-9-11-20(16-19)21(30)29-14-7-4-8-15-29;/h9-11,16H,4-8,12-15,17-18H2,1-3H3,(H2,25,26,27);1H. The molecule has 2 N–H and O–H groups in total. The van der Waals surface area contributed by atoms with Gasteiger partial charge < -0.3 is 20.4 Å². The number of amides is 2. The molecular weight excluding hydrogens is 517 g/mol. The molecule has 1 aliphatic carbocycles. The van der Waals surface area contributed by atoms with Crippen LogP contribution in [0.4, 0.5) is 0 Å². The van der Waals surface area contributed by atoms with Gasteiger partial charge in [0.15, 0.2) is 5.96 Å². The van der Waals surface area contributed by atoms with E-state index in [2.05, 4.69) is 15.6 Å². The number of hydrogen-bond acceptors (Lipinski definition) is 3. The highest BCUT2D eigenvalue weighted by atomic mass is 127. The van der Waals surface area contributed by atoms with E-state index in [1.165, 1.54) is 6.42 Å². The van der Waals surface area contributed by atoms with Crippen molar-refractivity contribution < 1.29 is 9.59 Å². The van der Waals surface area contributed by atoms with Crippen molar-refractivity contribution in [2.45, 2.75) is 51.5 Å². The van der Waals surface area contributed by atoms with Crippen LogP contribution in [0, 0.1) is 5.41 Å². The van der Waals surface area contributed by atoms with Gasteiger partial charge in [0.2, 0.25) is 5.91 Å². The third kappa shape index (κ3) is 6.59. The Balaban J connectivity index is 0.00000363. The number of carbonyl (C=O) groups is 2. The summed E-state index contributed by atoms with van der Waals surface area (Å²) in [5.41, 5.74) is 1.43. The molecule has 0 radical (unpaired) electrons. The van der Waals surface area contributed by atoms with Crippen LogP contribution in [-0.4, -0.2) is 68.4 Å². The van der Waals surface area contributed by atoms with Crippen LogP contribution in [-0.2, 0) is 11.3 Å². The summed E-state index contributed by atoms with van der Waals surface area (Å²) in [7, 11) is 5.39. The number of aliphatic imine (C=N–C) groups is 1. The molecule has 1 aromatic carbocycles. The summed E-state index contributed by atoms with van der Waals surface area (Å²) in [4.78, 5) is 33.5. The van der Waals surface area contributed by atoms with Gasteiger partial charge in [0.25, 0.3) is 5.91 Å². The van der Waals surface area contributed by atoms with Gasteiger partial charge in [-0.05, 0) is 49.8 Å². The maximum absolute atomic E-state index is 12.8. The smallest absolute Gasteiger partial charge is 0.253 e. The van der Waals surface area contributed by atoms with Crippen LogP contribution in [0.2, 0.25) is 0 Å². The molecule has 0 aromatic heterocycles. The number of nitrogens with one attached hydrogen (secondary N) is 2. The van der Waals surface area contributed by atoms with Crippen LogP contribution in [0.5, 0.6) is 0 Å². The van der Waals surface area contributed by atoms with Gasteiger partial charge in [-0.1, -0.05) is 25.0 Å². The van der Waals surface area contributed by atoms with E-state index in [4.69, 9.17) is 0 Å². The average Bonchev–Trinajstić information content (AvgIpc) is 3.29. The molecule has 0 bridgehead atoms. The fraction of sp³-hybridized carbons (Fsp3) is 0.625. The lowest BCUT2D eigenvalue weighted by Crippen LogP contribution is -2.49. The summed E-state index contributed by atoms with van der Waals surface area (Å²) in [5.74, 6) is 0.983. The molecule has 2 amide bonds. The maximum atomic E-state index is 12.8. The Labute approximate surface area is 209 Å². The van der Waals surface area contributed by atoms with Crippen LogP contribution in [0.15, 0.2) is 29.3 Å². The van der Waals surface area contributed by atoms with Gasteiger partial charge >= 0.3 is 0 Å². The highest BCUT2D eigenvalue weighted by molar-refractivity contribution is 14.0. The summed E-state index contributed by atoms with van der Waals surface area (Å²) < 4.78 is 0. The second kappa shape index (κ2) is 12.4. The Morgan fingerprint density at radius 2 is 1.75 bits per heavy atom. The van der Waals surface area contributed by atoms with Gasteiger partial charge in [-0.2, -0.15) is 0 Å². The predicted molar refractivity (Wildman–Crippen MR) is 139 cm³/mol. The molecule has 0 spiro atoms. The number of halogens is 1. The third-order valence-corrected chi connectivity index (χ3v) is 6.52. The normalized spacial score (nSPS) is 18.0. The van der Waals surface area contributed by atoms with Crippen molar-refractivity contribution in [2.75, 3.05) is 40.8 Å². The fourth-order valence-electron chi connectivity index (χ4n) is 4.75. The molecular formula is C24H38IN5O2. The zero-order chi connectivity index (χ0) is 22.3. The molecule has 8 heteroatoms. The summed E-state index contributed by atoms with van der Waals surface area (Å²) in [6.07, 6.45) is 7.39. The SMILES string of the molecule is CN=C(NCc1cccc(C(=O)N2CCCCC2)c1)NCC1(C(=O)N(C)C)CCCC1.I. The summed E-state index contributed by atoms with van der Waals surface area (Å²) in [6, 6.07) is 7.81. The molecule has 0 unspecified atom stereocenters. The zero-order valence-electron chi connectivity index (χ0n) is 19.7. The lowest BCUT2D eigenvalue weighted by atomic mass is 9.84. The number of benzene rings is 1. The van der Waals surface area contributed by atoms with Crippen molar-refractivity contribution in [1.29, 1.82) is 0 Å². The summed E-state index contributed by atoms with van der Waals surface area (Å²) in [5, 5.41) is 6.69. The highest BCUT2D eigenvalue weighted by Crippen LogP contribution is 2.38. The number of nitrogens with zero attached hydrogens (tertiary/aromatic N) is 3. The first-order chi connectivity index (χ1) is 14.9. The van der Waals surface area contributed by atoms with E-state index < -0.39 is 0 Å². The van der Waals surface area contributed by atoms with Crippen LogP contribution < -0.4 is 10.6 Å². The van der Waals surface area contributed by atoms with E-state index in [-0.39, 0.29) is 41.2 Å². The number of carbonyl (C=O) groups excluding carboxylic acids is 2. The maximum Gasteiger partial charge on any atom is 0.253 e. The molecule has 1 aliphatic heterocycles. The first-order valence-electron chi connectivity index (χ1n) is 11.5. The second-order valence-corrected chi connectivity index (χ2v) is 9.02. The van der Waals surface area contributed by atoms with Crippen LogP contribution in [0.25, 0.3) is 0 Å². The number of guanidine groups is 1. The lowest BCUT2D eigenvalue weighted by molar-refractivity contribution is -0.138. The molecule has 2 fully saturated rings. The zero-order valence-corrected chi connectivity index (χ0v) is 22.0. The fourth-order valence-corrected chi connectivity index (χ4v) is 4.75. The Morgan fingerprint density at radius 1 is 1.06 bits per heavy atom. The molecule has 3 rings (SSSR count).